The molecule has 1 amide bonds. The van der Waals surface area contributed by atoms with Crippen molar-refractivity contribution in [3.05, 3.63) is 101 Å². The van der Waals surface area contributed by atoms with Crippen LogP contribution in [0.25, 0.3) is 5.76 Å². The Morgan fingerprint density at radius 3 is 2.53 bits per heavy atom. The van der Waals surface area contributed by atoms with Gasteiger partial charge in [0.15, 0.2) is 0 Å². The zero-order chi connectivity index (χ0) is 25.2. The number of aliphatic hydroxyl groups is 1. The maximum atomic E-state index is 13.3. The second-order valence-electron chi connectivity index (χ2n) is 9.19. The van der Waals surface area contributed by atoms with Crippen LogP contribution in [0.5, 0.6) is 11.5 Å². The minimum absolute atomic E-state index is 0.0600. The van der Waals surface area contributed by atoms with E-state index in [1.165, 1.54) is 0 Å². The first-order chi connectivity index (χ1) is 17.5. The van der Waals surface area contributed by atoms with Crippen molar-refractivity contribution < 1.29 is 24.2 Å². The third-order valence-corrected chi connectivity index (χ3v) is 6.70. The van der Waals surface area contributed by atoms with E-state index in [1.807, 2.05) is 80.6 Å². The number of nitrogens with zero attached hydrogens (tertiary/aromatic N) is 1. The fourth-order valence-electron chi connectivity index (χ4n) is 4.99. The first-order valence-corrected chi connectivity index (χ1v) is 12.3. The van der Waals surface area contributed by atoms with Gasteiger partial charge in [-0.15, -0.1) is 0 Å². The van der Waals surface area contributed by atoms with Crippen LogP contribution in [0.4, 0.5) is 0 Å². The lowest BCUT2D eigenvalue weighted by atomic mass is 9.94. The molecule has 6 nitrogen and oxygen atoms in total. The first-order valence-electron chi connectivity index (χ1n) is 12.3. The van der Waals surface area contributed by atoms with Gasteiger partial charge < -0.3 is 19.5 Å². The normalized spacial score (nSPS) is 20.3. The van der Waals surface area contributed by atoms with Crippen LogP contribution in [0.1, 0.15) is 42.1 Å². The van der Waals surface area contributed by atoms with Gasteiger partial charge in [-0.2, -0.15) is 0 Å². The number of rotatable bonds is 7. The Morgan fingerprint density at radius 2 is 1.81 bits per heavy atom. The number of likely N-dealkylation sites (tertiary alicyclic amines) is 1. The Kier molecular flexibility index (Phi) is 6.51. The van der Waals surface area contributed by atoms with Crippen LogP contribution in [0.15, 0.2) is 78.4 Å². The lowest BCUT2D eigenvalue weighted by Crippen LogP contribution is -2.31. The summed E-state index contributed by atoms with van der Waals surface area (Å²) < 4.78 is 11.4. The van der Waals surface area contributed by atoms with Crippen molar-refractivity contribution in [2.45, 2.75) is 38.8 Å². The highest BCUT2D eigenvalue weighted by Gasteiger charge is 2.46. The van der Waals surface area contributed by atoms with E-state index in [9.17, 15) is 14.7 Å². The van der Waals surface area contributed by atoms with E-state index < -0.39 is 17.7 Å². The number of hydrogen-bond donors (Lipinski definition) is 1. The monoisotopic (exact) mass is 483 g/mol. The molecule has 1 N–H and O–H groups in total. The van der Waals surface area contributed by atoms with Gasteiger partial charge in [0, 0.05) is 18.5 Å². The molecular weight excluding hydrogens is 454 g/mol. The van der Waals surface area contributed by atoms with Gasteiger partial charge in [-0.05, 0) is 67.3 Å². The molecule has 3 aromatic carbocycles. The van der Waals surface area contributed by atoms with E-state index in [0.717, 1.165) is 28.9 Å². The number of ether oxygens (including phenoxy) is 2. The molecule has 5 rings (SSSR count). The smallest absolute Gasteiger partial charge is 0.295 e. The molecule has 1 fully saturated rings. The topological polar surface area (TPSA) is 76.1 Å². The summed E-state index contributed by atoms with van der Waals surface area (Å²) in [5.74, 6) is 0.0338. The van der Waals surface area contributed by atoms with Crippen LogP contribution in [0, 0.1) is 0 Å². The maximum absolute atomic E-state index is 13.3. The number of fused-ring (bicyclic) bond motifs is 1. The molecule has 2 heterocycles. The van der Waals surface area contributed by atoms with E-state index in [0.29, 0.717) is 30.9 Å². The average Bonchev–Trinajstić information content (AvgIpc) is 3.39. The summed E-state index contributed by atoms with van der Waals surface area (Å²) in [7, 11) is 0. The van der Waals surface area contributed by atoms with Gasteiger partial charge in [0.05, 0.1) is 18.2 Å². The Balaban J connectivity index is 1.56. The molecule has 184 valence electrons. The van der Waals surface area contributed by atoms with Crippen molar-refractivity contribution in [3.63, 3.8) is 0 Å². The summed E-state index contributed by atoms with van der Waals surface area (Å²) >= 11 is 0. The minimum atomic E-state index is -0.701. The standard InChI is InChI=1S/C30H29NO5/c1-3-35-24-12-9-21(10-13-24)27-26(28(32)22-11-14-25-23(18-22)17-19(2)36-25)29(33)30(34)31(27)16-15-20-7-5-4-6-8-20/h4-14,18-19,27,32H,3,15-17H2,1-2H3/b28-26+/t19-,27+/m0/s1. The average molecular weight is 484 g/mol. The Bertz CT molecular complexity index is 1310. The lowest BCUT2D eigenvalue weighted by Gasteiger charge is -2.25. The minimum Gasteiger partial charge on any atom is -0.507 e. The van der Waals surface area contributed by atoms with Gasteiger partial charge in [-0.3, -0.25) is 9.59 Å². The highest BCUT2D eigenvalue weighted by atomic mass is 16.5. The number of hydrogen-bond acceptors (Lipinski definition) is 5. The van der Waals surface area contributed by atoms with Gasteiger partial charge in [0.2, 0.25) is 0 Å². The number of carbonyl (C=O) groups excluding carboxylic acids is 2. The third-order valence-electron chi connectivity index (χ3n) is 6.70. The summed E-state index contributed by atoms with van der Waals surface area (Å²) in [5.41, 5.74) is 3.39. The van der Waals surface area contributed by atoms with Gasteiger partial charge in [0.1, 0.15) is 23.4 Å². The number of benzene rings is 3. The lowest BCUT2D eigenvalue weighted by molar-refractivity contribution is -0.139. The van der Waals surface area contributed by atoms with Crippen LogP contribution >= 0.6 is 0 Å². The van der Waals surface area contributed by atoms with E-state index in [1.54, 1.807) is 11.0 Å². The van der Waals surface area contributed by atoms with Crippen molar-refractivity contribution >= 4 is 17.4 Å². The molecule has 6 heteroatoms. The molecule has 0 aromatic heterocycles. The largest absolute Gasteiger partial charge is 0.507 e. The molecule has 1 saturated heterocycles. The summed E-state index contributed by atoms with van der Waals surface area (Å²) in [4.78, 5) is 28.1. The Morgan fingerprint density at radius 1 is 1.06 bits per heavy atom. The molecule has 0 unspecified atom stereocenters. The van der Waals surface area contributed by atoms with E-state index in [2.05, 4.69) is 0 Å². The summed E-state index contributed by atoms with van der Waals surface area (Å²) in [6.07, 6.45) is 1.38. The summed E-state index contributed by atoms with van der Waals surface area (Å²) in [6.45, 7) is 4.78. The fourth-order valence-corrected chi connectivity index (χ4v) is 4.99. The number of aliphatic hydroxyl groups excluding tert-OH is 1. The third kappa shape index (κ3) is 4.47. The molecule has 2 aliphatic heterocycles. The molecule has 2 atom stereocenters. The molecule has 0 spiro atoms. The zero-order valence-corrected chi connectivity index (χ0v) is 20.4. The predicted octanol–water partition coefficient (Wildman–Crippen LogP) is 5.07. The number of carbonyl (C=O) groups is 2. The van der Waals surface area contributed by atoms with E-state index >= 15 is 0 Å². The van der Waals surface area contributed by atoms with Crippen LogP contribution < -0.4 is 9.47 Å². The number of ketones is 1. The van der Waals surface area contributed by atoms with E-state index in [4.69, 9.17) is 9.47 Å². The van der Waals surface area contributed by atoms with Gasteiger partial charge >= 0.3 is 0 Å². The number of Topliss-reactive ketones (excluding diaryl/α,β-unsaturated/α-hetero) is 1. The molecule has 3 aromatic rings. The Hall–Kier alpha value is -4.06. The highest BCUT2D eigenvalue weighted by Crippen LogP contribution is 2.41. The fraction of sp³-hybridized carbons (Fsp3) is 0.267. The van der Waals surface area contributed by atoms with Crippen molar-refractivity contribution in [2.75, 3.05) is 13.2 Å². The van der Waals surface area contributed by atoms with Crippen LogP contribution in [-0.4, -0.2) is 41.0 Å². The quantitative estimate of drug-likeness (QED) is 0.288. The molecule has 0 bridgehead atoms. The molecule has 0 aliphatic carbocycles. The van der Waals surface area contributed by atoms with Gasteiger partial charge in [-0.1, -0.05) is 42.5 Å². The van der Waals surface area contributed by atoms with Crippen molar-refractivity contribution in [2.24, 2.45) is 0 Å². The molecule has 0 saturated carbocycles. The predicted molar refractivity (Wildman–Crippen MR) is 137 cm³/mol. The van der Waals surface area contributed by atoms with Crippen LogP contribution in [-0.2, 0) is 22.4 Å². The second-order valence-corrected chi connectivity index (χ2v) is 9.19. The van der Waals surface area contributed by atoms with Crippen molar-refractivity contribution in [1.29, 1.82) is 0 Å². The summed E-state index contributed by atoms with van der Waals surface area (Å²) in [5, 5.41) is 11.4. The molecule has 0 radical (unpaired) electrons. The van der Waals surface area contributed by atoms with Crippen LogP contribution in [0.2, 0.25) is 0 Å². The van der Waals surface area contributed by atoms with Crippen molar-refractivity contribution in [3.8, 4) is 11.5 Å². The zero-order valence-electron chi connectivity index (χ0n) is 20.4. The van der Waals surface area contributed by atoms with E-state index in [-0.39, 0.29) is 17.4 Å². The second kappa shape index (κ2) is 9.90. The van der Waals surface area contributed by atoms with Crippen LogP contribution in [0.3, 0.4) is 0 Å². The molecule has 2 aliphatic rings. The summed E-state index contributed by atoms with van der Waals surface area (Å²) in [6, 6.07) is 21.9. The van der Waals surface area contributed by atoms with Crippen molar-refractivity contribution in [1.82, 2.24) is 4.90 Å². The van der Waals surface area contributed by atoms with Gasteiger partial charge in [0.25, 0.3) is 11.7 Å². The number of amides is 1. The Labute approximate surface area is 210 Å². The molecular formula is C30H29NO5. The molecule has 36 heavy (non-hydrogen) atoms. The maximum Gasteiger partial charge on any atom is 0.295 e. The SMILES string of the molecule is CCOc1ccc([C@@H]2/C(=C(\O)c3ccc4c(c3)C[C@H](C)O4)C(=O)C(=O)N2CCc2ccccc2)cc1. The first kappa shape index (κ1) is 23.7. The van der Waals surface area contributed by atoms with Gasteiger partial charge in [-0.25, -0.2) is 0 Å². The highest BCUT2D eigenvalue weighted by molar-refractivity contribution is 6.46.